The number of benzene rings is 1. The first-order valence-corrected chi connectivity index (χ1v) is 8.22. The molecule has 3 rings (SSSR count). The lowest BCUT2D eigenvalue weighted by molar-refractivity contribution is -0.127. The fraction of sp³-hybridized carbons (Fsp3) is 0.118. The second kappa shape index (κ2) is 7.12. The Kier molecular flexibility index (Phi) is 4.90. The van der Waals surface area contributed by atoms with E-state index in [2.05, 4.69) is 5.32 Å². The van der Waals surface area contributed by atoms with Gasteiger partial charge in [-0.1, -0.05) is 0 Å². The molecule has 6 nitrogen and oxygen atoms in total. The Morgan fingerprint density at radius 1 is 1.27 bits per heavy atom. The number of carbonyl (C=O) groups is 3. The topological polar surface area (TPSA) is 79.6 Å². The number of hydrogen-bond acceptors (Lipinski definition) is 5. The predicted molar refractivity (Wildman–Crippen MR) is 91.1 cm³/mol. The van der Waals surface area contributed by atoms with Crippen molar-refractivity contribution in [3.05, 3.63) is 58.4 Å². The first-order chi connectivity index (χ1) is 12.3. The number of rotatable bonds is 4. The summed E-state index contributed by atoms with van der Waals surface area (Å²) in [6, 6.07) is 6.00. The van der Waals surface area contributed by atoms with E-state index in [9.17, 15) is 23.2 Å². The van der Waals surface area contributed by atoms with Crippen molar-refractivity contribution < 1.29 is 27.6 Å². The van der Waals surface area contributed by atoms with E-state index in [1.807, 2.05) is 0 Å². The molecular formula is C17H12F2N2O4S. The molecule has 3 amide bonds. The molecule has 1 aliphatic rings. The van der Waals surface area contributed by atoms with Crippen molar-refractivity contribution in [1.82, 2.24) is 4.90 Å². The Bertz CT molecular complexity index is 939. The molecule has 1 fully saturated rings. The molecule has 0 spiro atoms. The minimum atomic E-state index is -0.958. The number of amides is 3. The lowest BCUT2D eigenvalue weighted by atomic mass is 10.3. The van der Waals surface area contributed by atoms with Crippen molar-refractivity contribution in [2.75, 3.05) is 11.9 Å². The van der Waals surface area contributed by atoms with Crippen LogP contribution in [0.25, 0.3) is 6.08 Å². The van der Waals surface area contributed by atoms with Crippen LogP contribution in [-0.4, -0.2) is 28.5 Å². The van der Waals surface area contributed by atoms with Crippen molar-refractivity contribution in [2.45, 2.75) is 6.92 Å². The summed E-state index contributed by atoms with van der Waals surface area (Å²) >= 11 is 0.674. The van der Waals surface area contributed by atoms with Crippen molar-refractivity contribution in [1.29, 1.82) is 0 Å². The summed E-state index contributed by atoms with van der Waals surface area (Å²) in [7, 11) is 0. The van der Waals surface area contributed by atoms with Gasteiger partial charge in [-0.05, 0) is 43.0 Å². The number of nitrogens with zero attached hydrogens (tertiary/aromatic N) is 1. The summed E-state index contributed by atoms with van der Waals surface area (Å²) in [4.78, 5) is 37.1. The Morgan fingerprint density at radius 2 is 2.04 bits per heavy atom. The maximum absolute atomic E-state index is 13.6. The summed E-state index contributed by atoms with van der Waals surface area (Å²) in [6.45, 7) is 1.15. The van der Waals surface area contributed by atoms with Gasteiger partial charge in [0.15, 0.2) is 0 Å². The molecule has 0 aliphatic carbocycles. The fourth-order valence-electron chi connectivity index (χ4n) is 2.22. The number of imide groups is 1. The molecule has 0 saturated carbocycles. The van der Waals surface area contributed by atoms with E-state index < -0.39 is 35.2 Å². The third-order valence-electron chi connectivity index (χ3n) is 3.42. The molecule has 2 heterocycles. The molecule has 1 saturated heterocycles. The van der Waals surface area contributed by atoms with Gasteiger partial charge in [-0.25, -0.2) is 8.78 Å². The number of anilines is 1. The second-order valence-electron chi connectivity index (χ2n) is 5.39. The maximum atomic E-state index is 13.6. The van der Waals surface area contributed by atoms with Crippen LogP contribution in [0, 0.1) is 18.6 Å². The van der Waals surface area contributed by atoms with Gasteiger partial charge in [0.2, 0.25) is 5.91 Å². The van der Waals surface area contributed by atoms with Gasteiger partial charge in [-0.2, -0.15) is 0 Å². The highest BCUT2D eigenvalue weighted by atomic mass is 32.2. The van der Waals surface area contributed by atoms with Gasteiger partial charge in [0.05, 0.1) is 10.6 Å². The summed E-state index contributed by atoms with van der Waals surface area (Å²) in [5.74, 6) is -2.12. The zero-order valence-corrected chi connectivity index (χ0v) is 14.2. The van der Waals surface area contributed by atoms with Gasteiger partial charge in [0.1, 0.15) is 29.7 Å². The molecule has 0 unspecified atom stereocenters. The molecule has 1 N–H and O–H groups in total. The quantitative estimate of drug-likeness (QED) is 0.824. The SMILES string of the molecule is Cc1ccc(/C=C2/SC(=O)N(CC(=O)Nc3ccc(F)cc3F)C2=O)o1. The Labute approximate surface area is 150 Å². The summed E-state index contributed by atoms with van der Waals surface area (Å²) in [5, 5.41) is 1.57. The molecule has 26 heavy (non-hydrogen) atoms. The van der Waals surface area contributed by atoms with E-state index >= 15 is 0 Å². The van der Waals surface area contributed by atoms with Crippen LogP contribution in [0.5, 0.6) is 0 Å². The predicted octanol–water partition coefficient (Wildman–Crippen LogP) is 3.54. The van der Waals surface area contributed by atoms with Gasteiger partial charge in [-0.3, -0.25) is 19.3 Å². The van der Waals surface area contributed by atoms with Crippen LogP contribution >= 0.6 is 11.8 Å². The molecule has 1 aliphatic heterocycles. The number of hydrogen-bond donors (Lipinski definition) is 1. The fourth-order valence-corrected chi connectivity index (χ4v) is 3.04. The average Bonchev–Trinajstić information content (AvgIpc) is 3.09. The number of halogens is 2. The standard InChI is InChI=1S/C17H12F2N2O4S/c1-9-2-4-11(25-9)7-14-16(23)21(17(24)26-14)8-15(22)20-13-5-3-10(18)6-12(13)19/h2-7H,8H2,1H3,(H,20,22)/b14-7+. The molecule has 134 valence electrons. The van der Waals surface area contributed by atoms with E-state index in [0.717, 1.165) is 17.0 Å². The minimum Gasteiger partial charge on any atom is -0.462 e. The number of aryl methyl sites for hydroxylation is 1. The zero-order chi connectivity index (χ0) is 18.8. The Balaban J connectivity index is 1.69. The van der Waals surface area contributed by atoms with Gasteiger partial charge < -0.3 is 9.73 Å². The van der Waals surface area contributed by atoms with Crippen LogP contribution in [0.1, 0.15) is 11.5 Å². The van der Waals surface area contributed by atoms with E-state index in [1.165, 1.54) is 6.08 Å². The van der Waals surface area contributed by atoms with E-state index in [4.69, 9.17) is 4.42 Å². The smallest absolute Gasteiger partial charge is 0.294 e. The summed E-state index contributed by atoms with van der Waals surface area (Å²) in [6.07, 6.45) is 1.41. The molecule has 1 aromatic carbocycles. The maximum Gasteiger partial charge on any atom is 0.294 e. The zero-order valence-electron chi connectivity index (χ0n) is 13.4. The second-order valence-corrected chi connectivity index (χ2v) is 6.38. The third kappa shape index (κ3) is 3.83. The average molecular weight is 378 g/mol. The summed E-state index contributed by atoms with van der Waals surface area (Å²) in [5.41, 5.74) is -0.245. The van der Waals surface area contributed by atoms with Crippen LogP contribution in [-0.2, 0) is 9.59 Å². The monoisotopic (exact) mass is 378 g/mol. The number of carbonyl (C=O) groups excluding carboxylic acids is 3. The van der Waals surface area contributed by atoms with Crippen molar-refractivity contribution >= 4 is 40.6 Å². The summed E-state index contributed by atoms with van der Waals surface area (Å²) < 4.78 is 31.8. The third-order valence-corrected chi connectivity index (χ3v) is 4.32. The van der Waals surface area contributed by atoms with Gasteiger partial charge in [-0.15, -0.1) is 0 Å². The number of thioether (sulfide) groups is 1. The van der Waals surface area contributed by atoms with E-state index in [0.29, 0.717) is 29.3 Å². The van der Waals surface area contributed by atoms with Gasteiger partial charge in [0.25, 0.3) is 11.1 Å². The Morgan fingerprint density at radius 3 is 2.69 bits per heavy atom. The minimum absolute atomic E-state index is 0.116. The van der Waals surface area contributed by atoms with Gasteiger partial charge >= 0.3 is 0 Å². The molecule has 0 radical (unpaired) electrons. The largest absolute Gasteiger partial charge is 0.462 e. The van der Waals surface area contributed by atoms with Crippen LogP contribution < -0.4 is 5.32 Å². The molecule has 9 heteroatoms. The van der Waals surface area contributed by atoms with Crippen LogP contribution in [0.4, 0.5) is 19.3 Å². The van der Waals surface area contributed by atoms with Crippen LogP contribution in [0.3, 0.4) is 0 Å². The molecule has 0 atom stereocenters. The highest BCUT2D eigenvalue weighted by Crippen LogP contribution is 2.32. The molecule has 2 aromatic rings. The number of furan rings is 1. The first kappa shape index (κ1) is 17.9. The van der Waals surface area contributed by atoms with Crippen molar-refractivity contribution in [3.8, 4) is 0 Å². The molecule has 1 aromatic heterocycles. The van der Waals surface area contributed by atoms with Crippen molar-refractivity contribution in [2.24, 2.45) is 0 Å². The van der Waals surface area contributed by atoms with E-state index in [-0.39, 0.29) is 10.6 Å². The highest BCUT2D eigenvalue weighted by Gasteiger charge is 2.36. The van der Waals surface area contributed by atoms with Crippen LogP contribution in [0.2, 0.25) is 0 Å². The van der Waals surface area contributed by atoms with E-state index in [1.54, 1.807) is 19.1 Å². The van der Waals surface area contributed by atoms with Crippen molar-refractivity contribution in [3.63, 3.8) is 0 Å². The normalized spacial score (nSPS) is 15.8. The Hall–Kier alpha value is -2.94. The lowest BCUT2D eigenvalue weighted by Gasteiger charge is -2.12. The van der Waals surface area contributed by atoms with Crippen LogP contribution in [0.15, 0.2) is 39.7 Å². The highest BCUT2D eigenvalue weighted by molar-refractivity contribution is 8.18. The lowest BCUT2D eigenvalue weighted by Crippen LogP contribution is -2.36. The van der Waals surface area contributed by atoms with Gasteiger partial charge in [0, 0.05) is 12.1 Å². The molecular weight excluding hydrogens is 366 g/mol. The molecule has 0 bridgehead atoms. The number of nitrogens with one attached hydrogen (secondary N) is 1. The first-order valence-electron chi connectivity index (χ1n) is 7.40.